The lowest BCUT2D eigenvalue weighted by Gasteiger charge is -2.36. The van der Waals surface area contributed by atoms with Crippen LogP contribution in [0.15, 0.2) is 42.5 Å². The second-order valence-corrected chi connectivity index (χ2v) is 6.68. The van der Waals surface area contributed by atoms with Crippen LogP contribution in [0.4, 0.5) is 0 Å². The van der Waals surface area contributed by atoms with Gasteiger partial charge in [0.1, 0.15) is 6.61 Å². The number of unbranched alkanes of at least 4 members (excludes halogenated alkanes) is 1. The zero-order valence-corrected chi connectivity index (χ0v) is 16.1. The van der Waals surface area contributed by atoms with E-state index in [4.69, 9.17) is 14.4 Å². The monoisotopic (exact) mass is 384 g/mol. The third-order valence-corrected chi connectivity index (χ3v) is 4.90. The highest BCUT2D eigenvalue weighted by Gasteiger charge is 2.47. The summed E-state index contributed by atoms with van der Waals surface area (Å²) >= 11 is 0. The normalized spacial score (nSPS) is 17.8. The average Bonchev–Trinajstić information content (AvgIpc) is 2.74. The standard InChI is InChI=1S/C22H24O6/c1-3-5-12-26-20(23)14-27-22(28-25)18-9-7-6-8-16(18)21(24)17-13-15(4-2)10-11-19(17)22/h6-11,13,25H,3-5,12,14H2,1-2H3. The van der Waals surface area contributed by atoms with E-state index in [0.29, 0.717) is 28.9 Å². The summed E-state index contributed by atoms with van der Waals surface area (Å²) in [5, 5.41) is 9.89. The largest absolute Gasteiger partial charge is 0.464 e. The molecule has 1 aliphatic carbocycles. The summed E-state index contributed by atoms with van der Waals surface area (Å²) in [7, 11) is 0. The molecule has 0 bridgehead atoms. The molecule has 0 saturated heterocycles. The quantitative estimate of drug-likeness (QED) is 0.245. The Morgan fingerprint density at radius 1 is 1.07 bits per heavy atom. The van der Waals surface area contributed by atoms with E-state index in [9.17, 15) is 14.8 Å². The van der Waals surface area contributed by atoms with Crippen LogP contribution < -0.4 is 0 Å². The Morgan fingerprint density at radius 3 is 2.54 bits per heavy atom. The van der Waals surface area contributed by atoms with Gasteiger partial charge < -0.3 is 9.47 Å². The number of hydrogen-bond donors (Lipinski definition) is 1. The number of carbonyl (C=O) groups is 2. The van der Waals surface area contributed by atoms with Gasteiger partial charge in [-0.05, 0) is 24.5 Å². The fraction of sp³-hybridized carbons (Fsp3) is 0.364. The number of aryl methyl sites for hydroxylation is 1. The van der Waals surface area contributed by atoms with E-state index in [0.717, 1.165) is 24.8 Å². The average molecular weight is 384 g/mol. The molecule has 1 N–H and O–H groups in total. The molecule has 0 spiro atoms. The number of ketones is 1. The number of fused-ring (bicyclic) bond motifs is 2. The second-order valence-electron chi connectivity index (χ2n) is 6.68. The first-order chi connectivity index (χ1) is 13.6. The Morgan fingerprint density at radius 2 is 1.82 bits per heavy atom. The van der Waals surface area contributed by atoms with E-state index in [1.54, 1.807) is 36.4 Å². The molecule has 1 unspecified atom stereocenters. The SMILES string of the molecule is CCCCOC(=O)COC1(OO)c2ccccc2C(=O)c2cc(CC)ccc21. The van der Waals surface area contributed by atoms with Crippen LogP contribution >= 0.6 is 0 Å². The molecule has 0 aromatic heterocycles. The fourth-order valence-corrected chi connectivity index (χ4v) is 3.36. The minimum atomic E-state index is -1.78. The van der Waals surface area contributed by atoms with Crippen LogP contribution in [0.5, 0.6) is 0 Å². The summed E-state index contributed by atoms with van der Waals surface area (Å²) < 4.78 is 10.9. The van der Waals surface area contributed by atoms with E-state index in [1.165, 1.54) is 0 Å². The van der Waals surface area contributed by atoms with E-state index in [2.05, 4.69) is 0 Å². The summed E-state index contributed by atoms with van der Waals surface area (Å²) in [6.45, 7) is 3.86. The fourth-order valence-electron chi connectivity index (χ4n) is 3.36. The summed E-state index contributed by atoms with van der Waals surface area (Å²) in [5.74, 6) is -2.52. The van der Waals surface area contributed by atoms with Crippen LogP contribution in [0.3, 0.4) is 0 Å². The zero-order valence-electron chi connectivity index (χ0n) is 16.1. The molecule has 0 amide bonds. The molecule has 6 heteroatoms. The van der Waals surface area contributed by atoms with Gasteiger partial charge in [-0.3, -0.25) is 4.79 Å². The minimum absolute atomic E-state index is 0.178. The Balaban J connectivity index is 2.01. The van der Waals surface area contributed by atoms with Crippen LogP contribution in [0.2, 0.25) is 0 Å². The topological polar surface area (TPSA) is 82.1 Å². The Labute approximate surface area is 164 Å². The maximum atomic E-state index is 13.0. The maximum Gasteiger partial charge on any atom is 0.332 e. The minimum Gasteiger partial charge on any atom is -0.464 e. The van der Waals surface area contributed by atoms with Gasteiger partial charge in [0, 0.05) is 22.3 Å². The van der Waals surface area contributed by atoms with Gasteiger partial charge in [-0.2, -0.15) is 4.89 Å². The van der Waals surface area contributed by atoms with Gasteiger partial charge >= 0.3 is 5.97 Å². The first-order valence-corrected chi connectivity index (χ1v) is 9.47. The predicted octanol–water partition coefficient (Wildman–Crippen LogP) is 3.84. The molecule has 0 aliphatic heterocycles. The van der Waals surface area contributed by atoms with E-state index < -0.39 is 18.4 Å². The molecule has 1 aliphatic rings. The molecule has 2 aromatic rings. The number of ether oxygens (including phenoxy) is 2. The van der Waals surface area contributed by atoms with Crippen LogP contribution in [0, 0.1) is 0 Å². The molecular weight excluding hydrogens is 360 g/mol. The summed E-state index contributed by atoms with van der Waals surface area (Å²) in [6, 6.07) is 12.0. The van der Waals surface area contributed by atoms with Crippen molar-refractivity contribution in [1.82, 2.24) is 0 Å². The van der Waals surface area contributed by atoms with Gasteiger partial charge in [0.25, 0.3) is 5.79 Å². The van der Waals surface area contributed by atoms with Gasteiger partial charge in [-0.15, -0.1) is 0 Å². The number of hydrogen-bond acceptors (Lipinski definition) is 6. The number of carbonyl (C=O) groups excluding carboxylic acids is 2. The highest BCUT2D eigenvalue weighted by atomic mass is 17.1. The lowest BCUT2D eigenvalue weighted by Crippen LogP contribution is -2.41. The molecule has 2 aromatic carbocycles. The van der Waals surface area contributed by atoms with Crippen LogP contribution in [-0.4, -0.2) is 30.2 Å². The molecule has 0 radical (unpaired) electrons. The van der Waals surface area contributed by atoms with Gasteiger partial charge in [0.05, 0.1) is 6.61 Å². The summed E-state index contributed by atoms with van der Waals surface area (Å²) in [6.07, 6.45) is 2.41. The zero-order chi connectivity index (χ0) is 20.1. The predicted molar refractivity (Wildman–Crippen MR) is 102 cm³/mol. The molecule has 0 fully saturated rings. The molecule has 148 valence electrons. The van der Waals surface area contributed by atoms with Crippen LogP contribution in [0.1, 0.15) is 59.3 Å². The summed E-state index contributed by atoms with van der Waals surface area (Å²) in [4.78, 5) is 29.9. The van der Waals surface area contributed by atoms with Crippen molar-refractivity contribution >= 4 is 11.8 Å². The first-order valence-electron chi connectivity index (χ1n) is 9.47. The van der Waals surface area contributed by atoms with Crippen molar-refractivity contribution in [2.75, 3.05) is 13.2 Å². The Hall–Kier alpha value is -2.54. The smallest absolute Gasteiger partial charge is 0.332 e. The van der Waals surface area contributed by atoms with Gasteiger partial charge in [0.2, 0.25) is 0 Å². The third kappa shape index (κ3) is 3.58. The molecule has 6 nitrogen and oxygen atoms in total. The highest BCUT2D eigenvalue weighted by molar-refractivity contribution is 6.13. The van der Waals surface area contributed by atoms with Crippen molar-refractivity contribution in [2.24, 2.45) is 0 Å². The molecular formula is C22H24O6. The Kier molecular flexibility index (Phi) is 6.24. The molecule has 0 heterocycles. The van der Waals surface area contributed by atoms with E-state index in [-0.39, 0.29) is 5.78 Å². The number of rotatable bonds is 8. The van der Waals surface area contributed by atoms with Crippen molar-refractivity contribution in [2.45, 2.75) is 38.9 Å². The van der Waals surface area contributed by atoms with Crippen molar-refractivity contribution in [3.8, 4) is 0 Å². The van der Waals surface area contributed by atoms with Gasteiger partial charge in [-0.25, -0.2) is 10.1 Å². The van der Waals surface area contributed by atoms with Crippen molar-refractivity contribution in [1.29, 1.82) is 0 Å². The van der Waals surface area contributed by atoms with Crippen LogP contribution in [0.25, 0.3) is 0 Å². The third-order valence-electron chi connectivity index (χ3n) is 4.90. The molecule has 28 heavy (non-hydrogen) atoms. The van der Waals surface area contributed by atoms with Crippen molar-refractivity contribution < 1.29 is 29.2 Å². The molecule has 3 rings (SSSR count). The molecule has 0 saturated carbocycles. The van der Waals surface area contributed by atoms with Gasteiger partial charge in [0.15, 0.2) is 5.78 Å². The maximum absolute atomic E-state index is 13.0. The van der Waals surface area contributed by atoms with Crippen LogP contribution in [-0.2, 0) is 31.4 Å². The van der Waals surface area contributed by atoms with E-state index >= 15 is 0 Å². The summed E-state index contributed by atoms with van der Waals surface area (Å²) in [5.41, 5.74) is 2.42. The van der Waals surface area contributed by atoms with E-state index in [1.807, 2.05) is 19.9 Å². The Bertz CT molecular complexity index is 875. The number of esters is 1. The molecule has 1 atom stereocenters. The highest BCUT2D eigenvalue weighted by Crippen LogP contribution is 2.43. The first kappa shape index (κ1) is 20.2. The van der Waals surface area contributed by atoms with Crippen molar-refractivity contribution in [3.63, 3.8) is 0 Å². The second kappa shape index (κ2) is 8.65. The lowest BCUT2D eigenvalue weighted by atomic mass is 9.79. The van der Waals surface area contributed by atoms with Gasteiger partial charge in [-0.1, -0.05) is 56.7 Å². The number of benzene rings is 2. The van der Waals surface area contributed by atoms with Crippen molar-refractivity contribution in [3.05, 3.63) is 70.3 Å². The lowest BCUT2D eigenvalue weighted by molar-refractivity contribution is -0.394.